The number of hydrogen-bond donors (Lipinski definition) is 0. The summed E-state index contributed by atoms with van der Waals surface area (Å²) in [5.41, 5.74) is 2.54. The summed E-state index contributed by atoms with van der Waals surface area (Å²) in [7, 11) is 0. The molecule has 3 nitrogen and oxygen atoms in total. The lowest BCUT2D eigenvalue weighted by molar-refractivity contribution is 0.112. The van der Waals surface area contributed by atoms with E-state index in [1.807, 2.05) is 29.1 Å². The van der Waals surface area contributed by atoms with Gasteiger partial charge in [-0.05, 0) is 17.7 Å². The van der Waals surface area contributed by atoms with Crippen molar-refractivity contribution in [1.82, 2.24) is 9.78 Å². The van der Waals surface area contributed by atoms with E-state index in [0.29, 0.717) is 12.1 Å². The van der Waals surface area contributed by atoms with Crippen molar-refractivity contribution in [1.29, 1.82) is 0 Å². The second-order valence-electron chi connectivity index (χ2n) is 5.63. The van der Waals surface area contributed by atoms with Crippen molar-refractivity contribution < 1.29 is 4.79 Å². The van der Waals surface area contributed by atoms with E-state index in [9.17, 15) is 4.79 Å². The molecular formula is C15H17BrN2O. The summed E-state index contributed by atoms with van der Waals surface area (Å²) in [6.07, 6.45) is 2.69. The molecule has 100 valence electrons. The third-order valence-electron chi connectivity index (χ3n) is 2.86. The van der Waals surface area contributed by atoms with E-state index in [1.54, 1.807) is 0 Å². The molecule has 2 rings (SSSR count). The molecule has 19 heavy (non-hydrogen) atoms. The van der Waals surface area contributed by atoms with Gasteiger partial charge in [-0.3, -0.25) is 9.48 Å². The quantitative estimate of drug-likeness (QED) is 0.806. The highest BCUT2D eigenvalue weighted by Gasteiger charge is 2.22. The van der Waals surface area contributed by atoms with Gasteiger partial charge in [-0.1, -0.05) is 48.8 Å². The Morgan fingerprint density at radius 1 is 1.37 bits per heavy atom. The van der Waals surface area contributed by atoms with Gasteiger partial charge in [-0.15, -0.1) is 0 Å². The molecule has 0 atom stereocenters. The van der Waals surface area contributed by atoms with Crippen LogP contribution in [0.25, 0.3) is 0 Å². The summed E-state index contributed by atoms with van der Waals surface area (Å²) in [6.45, 7) is 6.85. The molecule has 0 aliphatic rings. The maximum absolute atomic E-state index is 11.1. The first-order valence-corrected chi connectivity index (χ1v) is 6.97. The average Bonchev–Trinajstić information content (AvgIpc) is 2.72. The van der Waals surface area contributed by atoms with Gasteiger partial charge in [-0.2, -0.15) is 5.10 Å². The molecule has 4 heteroatoms. The van der Waals surface area contributed by atoms with Crippen LogP contribution in [0.2, 0.25) is 0 Å². The van der Waals surface area contributed by atoms with Crippen LogP contribution < -0.4 is 0 Å². The number of halogens is 1. The van der Waals surface area contributed by atoms with Gasteiger partial charge in [0.25, 0.3) is 0 Å². The summed E-state index contributed by atoms with van der Waals surface area (Å²) in [4.78, 5) is 11.1. The van der Waals surface area contributed by atoms with Crippen LogP contribution >= 0.6 is 15.9 Å². The number of benzene rings is 1. The third-order valence-corrected chi connectivity index (χ3v) is 3.35. The van der Waals surface area contributed by atoms with Gasteiger partial charge < -0.3 is 0 Å². The molecule has 0 aliphatic carbocycles. The van der Waals surface area contributed by atoms with Crippen LogP contribution in [0.3, 0.4) is 0 Å². The van der Waals surface area contributed by atoms with Crippen molar-refractivity contribution in [2.75, 3.05) is 0 Å². The van der Waals surface area contributed by atoms with Gasteiger partial charge >= 0.3 is 0 Å². The molecule has 0 saturated carbocycles. The third kappa shape index (κ3) is 3.32. The Morgan fingerprint density at radius 2 is 2.11 bits per heavy atom. The van der Waals surface area contributed by atoms with Gasteiger partial charge in [0.05, 0.1) is 17.8 Å². The van der Waals surface area contributed by atoms with E-state index in [-0.39, 0.29) is 5.41 Å². The van der Waals surface area contributed by atoms with Crippen LogP contribution in [0.4, 0.5) is 0 Å². The standard InChI is InChI=1S/C15H17BrN2O/c1-15(2,3)14-12(10-19)9-18(17-14)8-11-5-4-6-13(16)7-11/h4-7,9-10H,8H2,1-3H3. The Bertz CT molecular complexity index is 596. The van der Waals surface area contributed by atoms with Crippen molar-refractivity contribution in [3.05, 3.63) is 51.8 Å². The maximum Gasteiger partial charge on any atom is 0.153 e. The molecule has 0 saturated heterocycles. The second-order valence-corrected chi connectivity index (χ2v) is 6.54. The molecule has 0 spiro atoms. The lowest BCUT2D eigenvalue weighted by Crippen LogP contribution is -2.15. The van der Waals surface area contributed by atoms with E-state index in [4.69, 9.17) is 0 Å². The molecule has 0 fully saturated rings. The van der Waals surface area contributed by atoms with E-state index < -0.39 is 0 Å². The molecule has 2 aromatic rings. The Morgan fingerprint density at radius 3 is 2.63 bits per heavy atom. The molecular weight excluding hydrogens is 304 g/mol. The fraction of sp³-hybridized carbons (Fsp3) is 0.333. The number of carbonyl (C=O) groups excluding carboxylic acids is 1. The highest BCUT2D eigenvalue weighted by Crippen LogP contribution is 2.23. The zero-order valence-electron chi connectivity index (χ0n) is 11.4. The number of carbonyl (C=O) groups is 1. The van der Waals surface area contributed by atoms with Gasteiger partial charge in [0, 0.05) is 16.1 Å². The Hall–Kier alpha value is -1.42. The number of rotatable bonds is 3. The van der Waals surface area contributed by atoms with Gasteiger partial charge in [0.1, 0.15) is 0 Å². The molecule has 1 aromatic heterocycles. The van der Waals surface area contributed by atoms with Gasteiger partial charge in [-0.25, -0.2) is 0 Å². The van der Waals surface area contributed by atoms with Gasteiger partial charge in [0.2, 0.25) is 0 Å². The summed E-state index contributed by atoms with van der Waals surface area (Å²) in [5, 5.41) is 4.55. The minimum Gasteiger partial charge on any atom is -0.298 e. The molecule has 0 amide bonds. The minimum atomic E-state index is -0.126. The number of nitrogens with zero attached hydrogens (tertiary/aromatic N) is 2. The van der Waals surface area contributed by atoms with Crippen molar-refractivity contribution in [2.24, 2.45) is 0 Å². The SMILES string of the molecule is CC(C)(C)c1nn(Cc2cccc(Br)c2)cc1C=O. The fourth-order valence-electron chi connectivity index (χ4n) is 2.01. The highest BCUT2D eigenvalue weighted by molar-refractivity contribution is 9.10. The summed E-state index contributed by atoms with van der Waals surface area (Å²) >= 11 is 3.45. The van der Waals surface area contributed by atoms with Crippen molar-refractivity contribution in [3.8, 4) is 0 Å². The number of aromatic nitrogens is 2. The van der Waals surface area contributed by atoms with Crippen molar-refractivity contribution in [3.63, 3.8) is 0 Å². The molecule has 1 heterocycles. The van der Waals surface area contributed by atoms with Crippen LogP contribution in [0.15, 0.2) is 34.9 Å². The van der Waals surface area contributed by atoms with Crippen LogP contribution in [0.1, 0.15) is 42.4 Å². The lowest BCUT2D eigenvalue weighted by Gasteiger charge is -2.15. The predicted octanol–water partition coefficient (Wildman–Crippen LogP) is 3.80. The Balaban J connectivity index is 2.32. The van der Waals surface area contributed by atoms with E-state index in [0.717, 1.165) is 22.0 Å². The number of aldehydes is 1. The summed E-state index contributed by atoms with van der Waals surface area (Å²) in [5.74, 6) is 0. The van der Waals surface area contributed by atoms with E-state index in [2.05, 4.69) is 47.9 Å². The second kappa shape index (κ2) is 5.29. The largest absolute Gasteiger partial charge is 0.298 e. The predicted molar refractivity (Wildman–Crippen MR) is 79.6 cm³/mol. The Labute approximate surface area is 121 Å². The summed E-state index contributed by atoms with van der Waals surface area (Å²) < 4.78 is 2.87. The highest BCUT2D eigenvalue weighted by atomic mass is 79.9. The van der Waals surface area contributed by atoms with Crippen LogP contribution in [0.5, 0.6) is 0 Å². The van der Waals surface area contributed by atoms with Crippen molar-refractivity contribution >= 4 is 22.2 Å². The zero-order valence-corrected chi connectivity index (χ0v) is 12.9. The van der Waals surface area contributed by atoms with Crippen LogP contribution in [0, 0.1) is 0 Å². The average molecular weight is 321 g/mol. The zero-order chi connectivity index (χ0) is 14.0. The molecule has 0 unspecified atom stereocenters. The first-order chi connectivity index (χ1) is 8.90. The molecule has 0 aliphatic heterocycles. The van der Waals surface area contributed by atoms with Crippen molar-refractivity contribution in [2.45, 2.75) is 32.7 Å². The number of hydrogen-bond acceptors (Lipinski definition) is 2. The topological polar surface area (TPSA) is 34.9 Å². The normalized spacial score (nSPS) is 11.6. The van der Waals surface area contributed by atoms with E-state index in [1.165, 1.54) is 0 Å². The monoisotopic (exact) mass is 320 g/mol. The van der Waals surface area contributed by atoms with Crippen LogP contribution in [-0.4, -0.2) is 16.1 Å². The molecule has 0 N–H and O–H groups in total. The van der Waals surface area contributed by atoms with E-state index >= 15 is 0 Å². The molecule has 1 aromatic carbocycles. The minimum absolute atomic E-state index is 0.126. The Kier molecular flexibility index (Phi) is 3.90. The first-order valence-electron chi connectivity index (χ1n) is 6.17. The maximum atomic E-state index is 11.1. The smallest absolute Gasteiger partial charge is 0.153 e. The summed E-state index contributed by atoms with van der Waals surface area (Å²) in [6, 6.07) is 8.08. The van der Waals surface area contributed by atoms with Gasteiger partial charge in [0.15, 0.2) is 6.29 Å². The molecule has 0 bridgehead atoms. The first kappa shape index (κ1) is 14.0. The molecule has 0 radical (unpaired) electrons. The fourth-order valence-corrected chi connectivity index (χ4v) is 2.46. The van der Waals surface area contributed by atoms with Crippen LogP contribution in [-0.2, 0) is 12.0 Å². The lowest BCUT2D eigenvalue weighted by atomic mass is 9.90.